The van der Waals surface area contributed by atoms with Crippen molar-refractivity contribution in [2.45, 2.75) is 37.6 Å². The molecule has 6 heteroatoms. The Labute approximate surface area is 93.4 Å². The summed E-state index contributed by atoms with van der Waals surface area (Å²) in [5.74, 6) is 0. The van der Waals surface area contributed by atoms with E-state index in [0.29, 0.717) is 13.1 Å². The second-order valence-corrected chi connectivity index (χ2v) is 4.47. The molecule has 0 radical (unpaired) electrons. The first-order valence-electron chi connectivity index (χ1n) is 5.85. The van der Waals surface area contributed by atoms with Crippen LogP contribution in [0.5, 0.6) is 0 Å². The van der Waals surface area contributed by atoms with E-state index in [1.54, 1.807) is 4.90 Å². The normalized spacial score (nSPS) is 33.9. The minimum atomic E-state index is -4.14. The topological polar surface area (TPSA) is 27.3 Å². The second-order valence-electron chi connectivity index (χ2n) is 4.47. The molecule has 0 aliphatic carbocycles. The van der Waals surface area contributed by atoms with Crippen LogP contribution in [-0.4, -0.2) is 49.5 Å². The molecular formula is C10H18F3N3. The largest absolute Gasteiger partial charge is 0.405 e. The Bertz CT molecular complexity index is 226. The maximum absolute atomic E-state index is 12.9. The summed E-state index contributed by atoms with van der Waals surface area (Å²) in [6.45, 7) is 2.05. The highest BCUT2D eigenvalue weighted by Gasteiger charge is 2.46. The molecule has 0 amide bonds. The van der Waals surface area contributed by atoms with Crippen LogP contribution in [0.15, 0.2) is 0 Å². The van der Waals surface area contributed by atoms with E-state index in [9.17, 15) is 13.2 Å². The van der Waals surface area contributed by atoms with Crippen LogP contribution in [0.3, 0.4) is 0 Å². The Balaban J connectivity index is 2.09. The third-order valence-corrected chi connectivity index (χ3v) is 3.32. The van der Waals surface area contributed by atoms with Crippen LogP contribution >= 0.6 is 0 Å². The van der Waals surface area contributed by atoms with Gasteiger partial charge >= 0.3 is 6.18 Å². The molecule has 2 N–H and O–H groups in total. The molecule has 2 saturated heterocycles. The van der Waals surface area contributed by atoms with Gasteiger partial charge in [0.15, 0.2) is 0 Å². The smallest absolute Gasteiger partial charge is 0.315 e. The number of alkyl halides is 3. The van der Waals surface area contributed by atoms with E-state index in [4.69, 9.17) is 0 Å². The van der Waals surface area contributed by atoms with Crippen LogP contribution in [0.1, 0.15) is 19.3 Å². The molecule has 94 valence electrons. The lowest BCUT2D eigenvalue weighted by molar-refractivity contribution is -0.187. The van der Waals surface area contributed by atoms with Crippen molar-refractivity contribution < 1.29 is 13.2 Å². The molecule has 2 fully saturated rings. The van der Waals surface area contributed by atoms with E-state index < -0.39 is 12.2 Å². The van der Waals surface area contributed by atoms with Crippen molar-refractivity contribution in [2.24, 2.45) is 0 Å². The molecule has 0 aromatic heterocycles. The molecule has 2 aliphatic heterocycles. The summed E-state index contributed by atoms with van der Waals surface area (Å²) in [5.41, 5.74) is 0. The first-order chi connectivity index (χ1) is 7.59. The summed E-state index contributed by atoms with van der Waals surface area (Å²) in [6, 6.07) is -1.34. The molecule has 2 unspecified atom stereocenters. The van der Waals surface area contributed by atoms with E-state index in [0.717, 1.165) is 25.8 Å². The Hall–Kier alpha value is -0.330. The predicted octanol–water partition coefficient (Wildman–Crippen LogP) is 0.922. The average molecular weight is 237 g/mol. The van der Waals surface area contributed by atoms with Crippen LogP contribution < -0.4 is 10.6 Å². The lowest BCUT2D eigenvalue weighted by Crippen LogP contribution is -2.56. The van der Waals surface area contributed by atoms with Gasteiger partial charge in [0, 0.05) is 13.1 Å². The third-order valence-electron chi connectivity index (χ3n) is 3.32. The fraction of sp³-hybridized carbons (Fsp3) is 1.00. The van der Waals surface area contributed by atoms with E-state index >= 15 is 0 Å². The van der Waals surface area contributed by atoms with Crippen LogP contribution in [-0.2, 0) is 0 Å². The highest BCUT2D eigenvalue weighted by molar-refractivity contribution is 4.88. The lowest BCUT2D eigenvalue weighted by Gasteiger charge is -2.35. The highest BCUT2D eigenvalue weighted by Crippen LogP contribution is 2.28. The van der Waals surface area contributed by atoms with E-state index in [-0.39, 0.29) is 12.7 Å². The molecule has 0 aromatic rings. The van der Waals surface area contributed by atoms with Gasteiger partial charge in [-0.2, -0.15) is 13.2 Å². The molecule has 2 rings (SSSR count). The van der Waals surface area contributed by atoms with Crippen LogP contribution in [0.4, 0.5) is 13.2 Å². The van der Waals surface area contributed by atoms with Crippen molar-refractivity contribution in [3.05, 3.63) is 0 Å². The van der Waals surface area contributed by atoms with Gasteiger partial charge < -0.3 is 10.6 Å². The number of nitrogens with one attached hydrogen (secondary N) is 2. The fourth-order valence-corrected chi connectivity index (χ4v) is 2.52. The Kier molecular flexibility index (Phi) is 3.71. The molecule has 0 spiro atoms. The Morgan fingerprint density at radius 2 is 1.94 bits per heavy atom. The van der Waals surface area contributed by atoms with Crippen molar-refractivity contribution in [3.8, 4) is 0 Å². The fourth-order valence-electron chi connectivity index (χ4n) is 2.52. The third kappa shape index (κ3) is 2.67. The molecule has 0 aromatic carbocycles. The number of hydrogen-bond donors (Lipinski definition) is 2. The van der Waals surface area contributed by atoms with Crippen molar-refractivity contribution in [2.75, 3.05) is 26.2 Å². The summed E-state index contributed by atoms with van der Waals surface area (Å²) >= 11 is 0. The lowest BCUT2D eigenvalue weighted by atomic mass is 10.2. The minimum Gasteiger partial charge on any atom is -0.315 e. The molecule has 3 nitrogen and oxygen atoms in total. The number of rotatable bonds is 1. The van der Waals surface area contributed by atoms with Gasteiger partial charge in [0.25, 0.3) is 0 Å². The maximum Gasteiger partial charge on any atom is 0.405 e. The number of hydrogen-bond acceptors (Lipinski definition) is 3. The van der Waals surface area contributed by atoms with E-state index in [1.807, 2.05) is 0 Å². The van der Waals surface area contributed by atoms with Crippen molar-refractivity contribution >= 4 is 0 Å². The summed E-state index contributed by atoms with van der Waals surface area (Å²) in [4.78, 5) is 1.59. The van der Waals surface area contributed by atoms with Gasteiger partial charge in [-0.1, -0.05) is 0 Å². The summed E-state index contributed by atoms with van der Waals surface area (Å²) in [6.07, 6.45) is -1.65. The summed E-state index contributed by atoms with van der Waals surface area (Å²) < 4.78 is 38.7. The molecule has 16 heavy (non-hydrogen) atoms. The molecule has 2 heterocycles. The first kappa shape index (κ1) is 12.1. The zero-order valence-electron chi connectivity index (χ0n) is 9.19. The molecule has 0 saturated carbocycles. The zero-order valence-corrected chi connectivity index (χ0v) is 9.19. The molecule has 0 bridgehead atoms. The number of halogens is 3. The standard InChI is InChI=1S/C10H18F3N3/c11-10(12,13)8-7-14-4-2-6-16(8)9-3-1-5-15-9/h8-9,14-15H,1-7H2. The van der Waals surface area contributed by atoms with Gasteiger partial charge in [-0.15, -0.1) is 0 Å². The quantitative estimate of drug-likeness (QED) is 0.710. The second kappa shape index (κ2) is 4.89. The van der Waals surface area contributed by atoms with Crippen LogP contribution in [0.2, 0.25) is 0 Å². The highest BCUT2D eigenvalue weighted by atomic mass is 19.4. The molecule has 2 aliphatic rings. The molecular weight excluding hydrogens is 219 g/mol. The maximum atomic E-state index is 12.9. The van der Waals surface area contributed by atoms with Gasteiger partial charge in [0.1, 0.15) is 6.04 Å². The summed E-state index contributed by atoms with van der Waals surface area (Å²) in [7, 11) is 0. The monoisotopic (exact) mass is 237 g/mol. The zero-order chi connectivity index (χ0) is 11.6. The van der Waals surface area contributed by atoms with Crippen molar-refractivity contribution in [1.29, 1.82) is 0 Å². The first-order valence-corrected chi connectivity index (χ1v) is 5.85. The van der Waals surface area contributed by atoms with Gasteiger partial charge in [-0.05, 0) is 32.4 Å². The SMILES string of the molecule is FC(F)(F)C1CNCCCN1C1CCCN1. The van der Waals surface area contributed by atoms with Gasteiger partial charge in [-0.25, -0.2) is 0 Å². The average Bonchev–Trinajstić information content (AvgIpc) is 2.60. The van der Waals surface area contributed by atoms with Crippen LogP contribution in [0, 0.1) is 0 Å². The van der Waals surface area contributed by atoms with Crippen LogP contribution in [0.25, 0.3) is 0 Å². The van der Waals surface area contributed by atoms with E-state index in [2.05, 4.69) is 10.6 Å². The Morgan fingerprint density at radius 1 is 1.12 bits per heavy atom. The minimum absolute atomic E-state index is 0.0156. The summed E-state index contributed by atoms with van der Waals surface area (Å²) in [5, 5.41) is 6.02. The predicted molar refractivity (Wildman–Crippen MR) is 55.1 cm³/mol. The van der Waals surface area contributed by atoms with Crippen molar-refractivity contribution in [3.63, 3.8) is 0 Å². The van der Waals surface area contributed by atoms with Gasteiger partial charge in [-0.3, -0.25) is 4.90 Å². The number of nitrogens with zero attached hydrogens (tertiary/aromatic N) is 1. The van der Waals surface area contributed by atoms with Crippen molar-refractivity contribution in [1.82, 2.24) is 15.5 Å². The Morgan fingerprint density at radius 3 is 2.56 bits per heavy atom. The van der Waals surface area contributed by atoms with Gasteiger partial charge in [0.05, 0.1) is 6.17 Å². The van der Waals surface area contributed by atoms with E-state index in [1.165, 1.54) is 0 Å². The van der Waals surface area contributed by atoms with Gasteiger partial charge in [0.2, 0.25) is 0 Å². The molecule has 2 atom stereocenters.